The minimum Gasteiger partial charge on any atom is -0.364 e. The molecule has 2 aromatic heterocycles. The van der Waals surface area contributed by atoms with Gasteiger partial charge in [0.15, 0.2) is 17.0 Å². The van der Waals surface area contributed by atoms with Crippen molar-refractivity contribution in [1.29, 1.82) is 0 Å². The SMILES string of the molecule is CCCCCCNc1nc(NCc2cccc(I)c2)c2ncn(C)c2n1. The number of hydrogen-bond donors (Lipinski definition) is 2. The van der Waals surface area contributed by atoms with Crippen LogP contribution >= 0.6 is 22.6 Å². The zero-order valence-electron chi connectivity index (χ0n) is 15.3. The summed E-state index contributed by atoms with van der Waals surface area (Å²) in [5.41, 5.74) is 2.85. The molecule has 3 aromatic rings. The molecular formula is C19H25IN6. The molecule has 0 aliphatic heterocycles. The molecule has 138 valence electrons. The first-order valence-corrected chi connectivity index (χ1v) is 10.2. The molecule has 6 nitrogen and oxygen atoms in total. The molecule has 0 saturated carbocycles. The van der Waals surface area contributed by atoms with Gasteiger partial charge >= 0.3 is 0 Å². The first-order valence-electron chi connectivity index (χ1n) is 9.08. The van der Waals surface area contributed by atoms with Crippen molar-refractivity contribution >= 4 is 45.5 Å². The van der Waals surface area contributed by atoms with E-state index in [4.69, 9.17) is 0 Å². The third kappa shape index (κ3) is 4.84. The van der Waals surface area contributed by atoms with Crippen LogP contribution in [0.2, 0.25) is 0 Å². The Morgan fingerprint density at radius 3 is 2.81 bits per heavy atom. The number of rotatable bonds is 9. The predicted octanol–water partition coefficient (Wildman–Crippen LogP) is 4.57. The summed E-state index contributed by atoms with van der Waals surface area (Å²) in [5.74, 6) is 1.42. The predicted molar refractivity (Wildman–Crippen MR) is 115 cm³/mol. The van der Waals surface area contributed by atoms with E-state index in [2.05, 4.69) is 79.4 Å². The highest BCUT2D eigenvalue weighted by Gasteiger charge is 2.12. The second-order valence-electron chi connectivity index (χ2n) is 6.39. The van der Waals surface area contributed by atoms with Crippen LogP contribution in [0.3, 0.4) is 0 Å². The molecule has 2 N–H and O–H groups in total. The maximum atomic E-state index is 4.66. The summed E-state index contributed by atoms with van der Waals surface area (Å²) >= 11 is 2.33. The first-order chi connectivity index (χ1) is 12.7. The largest absolute Gasteiger partial charge is 0.364 e. The quantitative estimate of drug-likeness (QED) is 0.359. The molecule has 0 amide bonds. The molecule has 0 unspecified atom stereocenters. The van der Waals surface area contributed by atoms with Gasteiger partial charge < -0.3 is 15.2 Å². The van der Waals surface area contributed by atoms with Gasteiger partial charge in [0.05, 0.1) is 6.33 Å². The van der Waals surface area contributed by atoms with E-state index < -0.39 is 0 Å². The Morgan fingerprint density at radius 2 is 2.00 bits per heavy atom. The van der Waals surface area contributed by atoms with Crippen LogP contribution in [0.1, 0.15) is 38.2 Å². The molecule has 0 atom stereocenters. The molecular weight excluding hydrogens is 439 g/mol. The Kier molecular flexibility index (Phi) is 6.65. The first kappa shape index (κ1) is 18.9. The molecule has 3 rings (SSSR count). The van der Waals surface area contributed by atoms with Gasteiger partial charge in [0.2, 0.25) is 5.95 Å². The fourth-order valence-corrected chi connectivity index (χ4v) is 3.40. The lowest BCUT2D eigenvalue weighted by Crippen LogP contribution is -2.09. The summed E-state index contributed by atoms with van der Waals surface area (Å²) in [6, 6.07) is 8.43. The van der Waals surface area contributed by atoms with Crippen molar-refractivity contribution in [2.24, 2.45) is 7.05 Å². The average molecular weight is 464 g/mol. The smallest absolute Gasteiger partial charge is 0.226 e. The van der Waals surface area contributed by atoms with Gasteiger partial charge in [-0.25, -0.2) is 4.98 Å². The fraction of sp³-hybridized carbons (Fsp3) is 0.421. The lowest BCUT2D eigenvalue weighted by Gasteiger charge is -2.10. The van der Waals surface area contributed by atoms with Crippen molar-refractivity contribution in [2.45, 2.75) is 39.2 Å². The van der Waals surface area contributed by atoms with Crippen molar-refractivity contribution in [2.75, 3.05) is 17.2 Å². The Hall–Kier alpha value is -1.90. The lowest BCUT2D eigenvalue weighted by atomic mass is 10.2. The molecule has 0 spiro atoms. The Balaban J connectivity index is 1.74. The summed E-state index contributed by atoms with van der Waals surface area (Å²) in [6.07, 6.45) is 6.65. The second-order valence-corrected chi connectivity index (χ2v) is 7.64. The molecule has 0 aliphatic carbocycles. The van der Waals surface area contributed by atoms with Crippen LogP contribution in [0.15, 0.2) is 30.6 Å². The van der Waals surface area contributed by atoms with E-state index >= 15 is 0 Å². The summed E-state index contributed by atoms with van der Waals surface area (Å²) < 4.78 is 3.15. The minimum atomic E-state index is 0.655. The molecule has 0 fully saturated rings. The Labute approximate surface area is 168 Å². The summed E-state index contributed by atoms with van der Waals surface area (Å²) in [7, 11) is 1.96. The maximum absolute atomic E-state index is 4.66. The van der Waals surface area contributed by atoms with Gasteiger partial charge in [-0.3, -0.25) is 0 Å². The summed E-state index contributed by atoms with van der Waals surface area (Å²) in [4.78, 5) is 13.7. The standard InChI is InChI=1S/C19H25IN6/c1-3-4-5-6-10-21-19-24-17(16-18(25-19)26(2)13-23-16)22-12-14-8-7-9-15(20)11-14/h7-9,11,13H,3-6,10,12H2,1-2H3,(H2,21,22,24,25). The molecule has 0 radical (unpaired) electrons. The van der Waals surface area contributed by atoms with Gasteiger partial charge in [0.1, 0.15) is 0 Å². The van der Waals surface area contributed by atoms with E-state index in [-0.39, 0.29) is 0 Å². The van der Waals surface area contributed by atoms with Crippen LogP contribution < -0.4 is 10.6 Å². The van der Waals surface area contributed by atoms with E-state index in [1.54, 1.807) is 6.33 Å². The average Bonchev–Trinajstić information content (AvgIpc) is 3.01. The second kappa shape index (κ2) is 9.16. The monoisotopic (exact) mass is 464 g/mol. The van der Waals surface area contributed by atoms with E-state index in [9.17, 15) is 0 Å². The Bertz CT molecular complexity index is 860. The number of imidazole rings is 1. The van der Waals surface area contributed by atoms with E-state index in [1.165, 1.54) is 28.4 Å². The lowest BCUT2D eigenvalue weighted by molar-refractivity contribution is 0.683. The number of aryl methyl sites for hydroxylation is 1. The minimum absolute atomic E-state index is 0.655. The number of hydrogen-bond acceptors (Lipinski definition) is 5. The van der Waals surface area contributed by atoms with E-state index in [0.717, 1.165) is 29.9 Å². The highest BCUT2D eigenvalue weighted by atomic mass is 127. The van der Waals surface area contributed by atoms with Gasteiger partial charge in [-0.2, -0.15) is 9.97 Å². The zero-order chi connectivity index (χ0) is 18.4. The van der Waals surface area contributed by atoms with Crippen LogP contribution in [-0.4, -0.2) is 26.1 Å². The summed E-state index contributed by atoms with van der Waals surface area (Å²) in [6.45, 7) is 3.81. The number of benzene rings is 1. The van der Waals surface area contributed by atoms with Crippen molar-refractivity contribution in [1.82, 2.24) is 19.5 Å². The number of fused-ring (bicyclic) bond motifs is 1. The molecule has 0 bridgehead atoms. The number of aromatic nitrogens is 4. The van der Waals surface area contributed by atoms with Gasteiger partial charge in [0, 0.05) is 23.7 Å². The third-order valence-corrected chi connectivity index (χ3v) is 4.89. The van der Waals surface area contributed by atoms with Crippen LogP contribution in [0.5, 0.6) is 0 Å². The van der Waals surface area contributed by atoms with Crippen molar-refractivity contribution in [3.8, 4) is 0 Å². The van der Waals surface area contributed by atoms with Crippen molar-refractivity contribution in [3.63, 3.8) is 0 Å². The normalized spacial score (nSPS) is 11.0. The van der Waals surface area contributed by atoms with Gasteiger partial charge in [-0.15, -0.1) is 0 Å². The summed E-state index contributed by atoms with van der Waals surface area (Å²) in [5, 5.41) is 6.78. The van der Waals surface area contributed by atoms with Crippen LogP contribution in [0, 0.1) is 3.57 Å². The van der Waals surface area contributed by atoms with Crippen molar-refractivity contribution in [3.05, 3.63) is 39.7 Å². The van der Waals surface area contributed by atoms with E-state index in [0.29, 0.717) is 12.5 Å². The van der Waals surface area contributed by atoms with Crippen molar-refractivity contribution < 1.29 is 0 Å². The maximum Gasteiger partial charge on any atom is 0.226 e. The van der Waals surface area contributed by atoms with Crippen LogP contribution in [0.4, 0.5) is 11.8 Å². The third-order valence-electron chi connectivity index (χ3n) is 4.22. The number of nitrogens with one attached hydrogen (secondary N) is 2. The molecule has 0 saturated heterocycles. The number of unbranched alkanes of at least 4 members (excludes halogenated alkanes) is 3. The van der Waals surface area contributed by atoms with Gasteiger partial charge in [-0.1, -0.05) is 38.3 Å². The topological polar surface area (TPSA) is 67.7 Å². The zero-order valence-corrected chi connectivity index (χ0v) is 17.5. The fourth-order valence-electron chi connectivity index (χ4n) is 2.79. The number of halogens is 1. The van der Waals surface area contributed by atoms with E-state index in [1.807, 2.05) is 11.6 Å². The Morgan fingerprint density at radius 1 is 1.12 bits per heavy atom. The number of nitrogens with zero attached hydrogens (tertiary/aromatic N) is 4. The van der Waals surface area contributed by atoms with Crippen LogP contribution in [0.25, 0.3) is 11.2 Å². The van der Waals surface area contributed by atoms with Crippen LogP contribution in [-0.2, 0) is 13.6 Å². The molecule has 1 aromatic carbocycles. The molecule has 7 heteroatoms. The number of anilines is 2. The molecule has 26 heavy (non-hydrogen) atoms. The molecule has 0 aliphatic rings. The molecule has 2 heterocycles. The highest BCUT2D eigenvalue weighted by molar-refractivity contribution is 14.1. The highest BCUT2D eigenvalue weighted by Crippen LogP contribution is 2.21. The van der Waals surface area contributed by atoms with Gasteiger partial charge in [0.25, 0.3) is 0 Å². The van der Waals surface area contributed by atoms with Gasteiger partial charge in [-0.05, 0) is 46.7 Å².